The van der Waals surface area contributed by atoms with Crippen LogP contribution in [-0.4, -0.2) is 33.8 Å². The zero-order valence-electron chi connectivity index (χ0n) is 12.0. The van der Waals surface area contributed by atoms with Crippen LogP contribution in [0.2, 0.25) is 0 Å². The van der Waals surface area contributed by atoms with Gasteiger partial charge in [0.2, 0.25) is 10.0 Å². The summed E-state index contributed by atoms with van der Waals surface area (Å²) in [4.78, 5) is 0. The highest BCUT2D eigenvalue weighted by Crippen LogP contribution is 2.19. The Balaban J connectivity index is 2.20. The molecule has 1 aliphatic rings. The Labute approximate surface area is 112 Å². The zero-order chi connectivity index (χ0) is 13.6. The molecule has 4 nitrogen and oxygen atoms in total. The van der Waals surface area contributed by atoms with Gasteiger partial charge in [-0.15, -0.1) is 0 Å². The van der Waals surface area contributed by atoms with Crippen molar-refractivity contribution in [3.05, 3.63) is 0 Å². The third-order valence-corrected chi connectivity index (χ3v) is 4.78. The van der Waals surface area contributed by atoms with Crippen LogP contribution < -0.4 is 10.0 Å². The van der Waals surface area contributed by atoms with Crippen molar-refractivity contribution in [1.29, 1.82) is 0 Å². The summed E-state index contributed by atoms with van der Waals surface area (Å²) in [6.07, 6.45) is 4.08. The average molecular weight is 276 g/mol. The van der Waals surface area contributed by atoms with Gasteiger partial charge in [0.05, 0.1) is 5.75 Å². The van der Waals surface area contributed by atoms with Gasteiger partial charge in [-0.25, -0.2) is 13.1 Å². The molecule has 108 valence electrons. The Morgan fingerprint density at radius 2 is 2.06 bits per heavy atom. The highest BCUT2D eigenvalue weighted by Gasteiger charge is 2.18. The monoisotopic (exact) mass is 276 g/mol. The van der Waals surface area contributed by atoms with Crippen LogP contribution in [-0.2, 0) is 10.0 Å². The first-order valence-corrected chi connectivity index (χ1v) is 8.62. The molecular weight excluding hydrogens is 248 g/mol. The second-order valence-corrected chi connectivity index (χ2v) is 8.45. The quantitative estimate of drug-likeness (QED) is 0.777. The van der Waals surface area contributed by atoms with Gasteiger partial charge in [0.25, 0.3) is 0 Å². The molecule has 0 radical (unpaired) electrons. The summed E-state index contributed by atoms with van der Waals surface area (Å²) < 4.78 is 26.3. The summed E-state index contributed by atoms with van der Waals surface area (Å²) in [6.45, 7) is 8.92. The van der Waals surface area contributed by atoms with Gasteiger partial charge in [-0.05, 0) is 50.1 Å². The van der Waals surface area contributed by atoms with E-state index in [-0.39, 0.29) is 11.2 Å². The SMILES string of the molecule is CC(C)(C)CCS(=O)(=O)NCCC1CCCNC1. The molecular formula is C13H28N2O2S. The summed E-state index contributed by atoms with van der Waals surface area (Å²) in [5.41, 5.74) is 0.0715. The Kier molecular flexibility index (Phi) is 6.08. The highest BCUT2D eigenvalue weighted by atomic mass is 32.2. The fraction of sp³-hybridized carbons (Fsp3) is 1.00. The number of hydrogen-bond acceptors (Lipinski definition) is 3. The van der Waals surface area contributed by atoms with E-state index in [1.807, 2.05) is 0 Å². The molecule has 1 unspecified atom stereocenters. The van der Waals surface area contributed by atoms with Crippen molar-refractivity contribution in [3.8, 4) is 0 Å². The molecule has 1 fully saturated rings. The zero-order valence-corrected chi connectivity index (χ0v) is 12.8. The molecule has 0 bridgehead atoms. The van der Waals surface area contributed by atoms with Gasteiger partial charge in [0.15, 0.2) is 0 Å². The summed E-state index contributed by atoms with van der Waals surface area (Å²) >= 11 is 0. The predicted octanol–water partition coefficient (Wildman–Crippen LogP) is 1.73. The number of sulfonamides is 1. The Morgan fingerprint density at radius 1 is 1.33 bits per heavy atom. The van der Waals surface area contributed by atoms with Crippen LogP contribution in [0.15, 0.2) is 0 Å². The molecule has 0 amide bonds. The molecule has 0 aromatic heterocycles. The van der Waals surface area contributed by atoms with E-state index in [1.54, 1.807) is 0 Å². The molecule has 18 heavy (non-hydrogen) atoms. The minimum absolute atomic E-state index is 0.0715. The predicted molar refractivity (Wildman–Crippen MR) is 76.1 cm³/mol. The lowest BCUT2D eigenvalue weighted by atomic mass is 9.94. The van der Waals surface area contributed by atoms with Crippen LogP contribution in [0.3, 0.4) is 0 Å². The molecule has 0 aromatic rings. The standard InChI is InChI=1S/C13H28N2O2S/c1-13(2,3)7-10-18(16,17)15-9-6-12-5-4-8-14-11-12/h12,14-15H,4-11H2,1-3H3. The van der Waals surface area contributed by atoms with Crippen LogP contribution in [0.5, 0.6) is 0 Å². The number of rotatable bonds is 6. The Hall–Kier alpha value is -0.130. The van der Waals surface area contributed by atoms with E-state index < -0.39 is 10.0 Å². The molecule has 1 rings (SSSR count). The van der Waals surface area contributed by atoms with Crippen LogP contribution in [0.25, 0.3) is 0 Å². The van der Waals surface area contributed by atoms with E-state index in [2.05, 4.69) is 30.8 Å². The molecule has 5 heteroatoms. The maximum absolute atomic E-state index is 11.8. The van der Waals surface area contributed by atoms with Gasteiger partial charge >= 0.3 is 0 Å². The molecule has 0 aliphatic carbocycles. The van der Waals surface area contributed by atoms with E-state index in [9.17, 15) is 8.42 Å². The van der Waals surface area contributed by atoms with Crippen LogP contribution in [0.4, 0.5) is 0 Å². The van der Waals surface area contributed by atoms with Gasteiger partial charge < -0.3 is 5.32 Å². The van der Waals surface area contributed by atoms with Gasteiger partial charge in [-0.1, -0.05) is 20.8 Å². The summed E-state index contributed by atoms with van der Waals surface area (Å²) in [5.74, 6) is 0.864. The second kappa shape index (κ2) is 6.87. The van der Waals surface area contributed by atoms with Crippen molar-refractivity contribution in [2.24, 2.45) is 11.3 Å². The minimum atomic E-state index is -3.09. The summed E-state index contributed by atoms with van der Waals surface area (Å²) in [5, 5.41) is 3.35. The van der Waals surface area contributed by atoms with Crippen LogP contribution in [0, 0.1) is 11.3 Å². The highest BCUT2D eigenvalue weighted by molar-refractivity contribution is 7.89. The van der Waals surface area contributed by atoms with Crippen LogP contribution in [0.1, 0.15) is 46.5 Å². The van der Waals surface area contributed by atoms with Crippen LogP contribution >= 0.6 is 0 Å². The first kappa shape index (κ1) is 15.9. The van der Waals surface area contributed by atoms with Crippen molar-refractivity contribution < 1.29 is 8.42 Å². The molecule has 1 saturated heterocycles. The van der Waals surface area contributed by atoms with Gasteiger partial charge in [0, 0.05) is 6.54 Å². The average Bonchev–Trinajstić information content (AvgIpc) is 2.27. The maximum Gasteiger partial charge on any atom is 0.211 e. The van der Waals surface area contributed by atoms with Crippen molar-refractivity contribution in [2.75, 3.05) is 25.4 Å². The molecule has 1 aliphatic heterocycles. The third-order valence-electron chi connectivity index (χ3n) is 3.39. The molecule has 0 spiro atoms. The van der Waals surface area contributed by atoms with E-state index in [0.29, 0.717) is 18.9 Å². The first-order chi connectivity index (χ1) is 8.29. The van der Waals surface area contributed by atoms with Gasteiger partial charge in [-0.2, -0.15) is 0 Å². The van der Waals surface area contributed by atoms with E-state index in [1.165, 1.54) is 12.8 Å². The van der Waals surface area contributed by atoms with Gasteiger partial charge in [-0.3, -0.25) is 0 Å². The second-order valence-electron chi connectivity index (χ2n) is 6.52. The topological polar surface area (TPSA) is 58.2 Å². The fourth-order valence-corrected chi connectivity index (χ4v) is 3.56. The molecule has 1 heterocycles. The lowest BCUT2D eigenvalue weighted by molar-refractivity contribution is 0.358. The van der Waals surface area contributed by atoms with E-state index in [4.69, 9.17) is 0 Å². The van der Waals surface area contributed by atoms with Crippen molar-refractivity contribution in [1.82, 2.24) is 10.0 Å². The lowest BCUT2D eigenvalue weighted by Gasteiger charge is -2.23. The van der Waals surface area contributed by atoms with E-state index in [0.717, 1.165) is 19.5 Å². The van der Waals surface area contributed by atoms with Crippen molar-refractivity contribution >= 4 is 10.0 Å². The Bertz CT molecular complexity index is 327. The normalized spacial score (nSPS) is 22.1. The number of nitrogens with one attached hydrogen (secondary N) is 2. The Morgan fingerprint density at radius 3 is 2.61 bits per heavy atom. The number of piperidine rings is 1. The summed E-state index contributed by atoms with van der Waals surface area (Å²) in [6, 6.07) is 0. The molecule has 0 saturated carbocycles. The molecule has 0 aromatic carbocycles. The smallest absolute Gasteiger partial charge is 0.211 e. The van der Waals surface area contributed by atoms with Crippen molar-refractivity contribution in [2.45, 2.75) is 46.5 Å². The number of hydrogen-bond donors (Lipinski definition) is 2. The van der Waals surface area contributed by atoms with E-state index >= 15 is 0 Å². The summed E-state index contributed by atoms with van der Waals surface area (Å²) in [7, 11) is -3.09. The maximum atomic E-state index is 11.8. The van der Waals surface area contributed by atoms with Crippen molar-refractivity contribution in [3.63, 3.8) is 0 Å². The minimum Gasteiger partial charge on any atom is -0.316 e. The first-order valence-electron chi connectivity index (χ1n) is 6.97. The fourth-order valence-electron chi connectivity index (χ4n) is 2.10. The lowest BCUT2D eigenvalue weighted by Crippen LogP contribution is -2.34. The largest absolute Gasteiger partial charge is 0.316 e. The molecule has 2 N–H and O–H groups in total. The third kappa shape index (κ3) is 7.34. The molecule has 1 atom stereocenters. The van der Waals surface area contributed by atoms with Gasteiger partial charge in [0.1, 0.15) is 0 Å².